The van der Waals surface area contributed by atoms with Gasteiger partial charge in [0.2, 0.25) is 0 Å². The van der Waals surface area contributed by atoms with Crippen LogP contribution in [0.1, 0.15) is 43.1 Å². The molecular weight excluding hydrogens is 266 g/mol. The Morgan fingerprint density at radius 1 is 1.43 bits per heavy atom. The molecule has 0 aliphatic carbocycles. The third kappa shape index (κ3) is 4.67. The molecule has 0 radical (unpaired) electrons. The molecule has 2 rings (SSSR count). The van der Waals surface area contributed by atoms with Crippen molar-refractivity contribution in [1.82, 2.24) is 20.2 Å². The Bertz CT molecular complexity index is 465. The summed E-state index contributed by atoms with van der Waals surface area (Å²) in [7, 11) is 1.76. The lowest BCUT2D eigenvalue weighted by atomic mass is 10.0. The van der Waals surface area contributed by atoms with Crippen molar-refractivity contribution in [3.63, 3.8) is 0 Å². The van der Waals surface area contributed by atoms with Gasteiger partial charge in [-0.15, -0.1) is 0 Å². The van der Waals surface area contributed by atoms with Gasteiger partial charge >= 0.3 is 0 Å². The van der Waals surface area contributed by atoms with Gasteiger partial charge in [0.25, 0.3) is 5.91 Å². The van der Waals surface area contributed by atoms with Crippen molar-refractivity contribution in [1.29, 1.82) is 0 Å². The predicted molar refractivity (Wildman–Crippen MR) is 83.4 cm³/mol. The summed E-state index contributed by atoms with van der Waals surface area (Å²) in [4.78, 5) is 22.7. The maximum atomic E-state index is 12.0. The van der Waals surface area contributed by atoms with Gasteiger partial charge in [-0.2, -0.15) is 0 Å². The fraction of sp³-hybridized carbons (Fsp3) is 0.667. The molecule has 1 unspecified atom stereocenters. The van der Waals surface area contributed by atoms with Crippen LogP contribution in [0.5, 0.6) is 0 Å². The average Bonchev–Trinajstić information content (AvgIpc) is 2.53. The van der Waals surface area contributed by atoms with E-state index in [1.54, 1.807) is 13.2 Å². The SMILES string of the molecule is CNc1cncc(C(=O)NCCCN2CCCCC2C)n1. The van der Waals surface area contributed by atoms with Crippen LogP contribution in [0.3, 0.4) is 0 Å². The Hall–Kier alpha value is -1.69. The highest BCUT2D eigenvalue weighted by Gasteiger charge is 2.17. The molecule has 1 aromatic heterocycles. The number of hydrogen-bond donors (Lipinski definition) is 2. The largest absolute Gasteiger partial charge is 0.372 e. The fourth-order valence-corrected chi connectivity index (χ4v) is 2.66. The molecule has 1 aromatic rings. The third-order valence-corrected chi connectivity index (χ3v) is 3.97. The normalized spacial score (nSPS) is 19.2. The molecule has 116 valence electrons. The van der Waals surface area contributed by atoms with Gasteiger partial charge in [-0.1, -0.05) is 6.42 Å². The van der Waals surface area contributed by atoms with Crippen molar-refractivity contribution < 1.29 is 4.79 Å². The highest BCUT2D eigenvalue weighted by Crippen LogP contribution is 2.16. The highest BCUT2D eigenvalue weighted by molar-refractivity contribution is 5.92. The first-order valence-corrected chi connectivity index (χ1v) is 7.72. The molecule has 6 nitrogen and oxygen atoms in total. The molecule has 0 aromatic carbocycles. The number of hydrogen-bond acceptors (Lipinski definition) is 5. The van der Waals surface area contributed by atoms with Crippen molar-refractivity contribution in [3.8, 4) is 0 Å². The van der Waals surface area contributed by atoms with Crippen LogP contribution in [0.4, 0.5) is 5.82 Å². The number of amides is 1. The predicted octanol–water partition coefficient (Wildman–Crippen LogP) is 1.51. The average molecular weight is 291 g/mol. The molecule has 1 saturated heterocycles. The van der Waals surface area contributed by atoms with E-state index in [-0.39, 0.29) is 5.91 Å². The molecule has 0 bridgehead atoms. The van der Waals surface area contributed by atoms with Crippen molar-refractivity contribution >= 4 is 11.7 Å². The van der Waals surface area contributed by atoms with Crippen LogP contribution in [-0.2, 0) is 0 Å². The van der Waals surface area contributed by atoms with Gasteiger partial charge in [-0.3, -0.25) is 9.78 Å². The summed E-state index contributed by atoms with van der Waals surface area (Å²) in [5, 5.41) is 5.79. The summed E-state index contributed by atoms with van der Waals surface area (Å²) >= 11 is 0. The van der Waals surface area contributed by atoms with Crippen LogP contribution < -0.4 is 10.6 Å². The van der Waals surface area contributed by atoms with Gasteiger partial charge in [-0.25, -0.2) is 4.98 Å². The zero-order valence-electron chi connectivity index (χ0n) is 12.9. The van der Waals surface area contributed by atoms with E-state index in [1.165, 1.54) is 32.0 Å². The molecule has 2 heterocycles. The lowest BCUT2D eigenvalue weighted by Gasteiger charge is -2.33. The number of aromatic nitrogens is 2. The first kappa shape index (κ1) is 15.7. The second kappa shape index (κ2) is 7.93. The van der Waals surface area contributed by atoms with Crippen molar-refractivity contribution in [2.45, 2.75) is 38.6 Å². The maximum absolute atomic E-state index is 12.0. The minimum atomic E-state index is -0.161. The molecule has 6 heteroatoms. The van der Waals surface area contributed by atoms with Gasteiger partial charge in [-0.05, 0) is 32.7 Å². The topological polar surface area (TPSA) is 70.2 Å². The van der Waals surface area contributed by atoms with E-state index in [0.717, 1.165) is 13.0 Å². The minimum Gasteiger partial charge on any atom is -0.372 e. The lowest BCUT2D eigenvalue weighted by molar-refractivity contribution is 0.0943. The summed E-state index contributed by atoms with van der Waals surface area (Å²) in [6, 6.07) is 0.674. The van der Waals surface area contributed by atoms with Crippen LogP contribution >= 0.6 is 0 Å². The molecule has 0 spiro atoms. The van der Waals surface area contributed by atoms with Gasteiger partial charge in [0.15, 0.2) is 0 Å². The Balaban J connectivity index is 1.71. The van der Waals surface area contributed by atoms with Gasteiger partial charge in [0, 0.05) is 26.2 Å². The Morgan fingerprint density at radius 2 is 2.29 bits per heavy atom. The zero-order valence-corrected chi connectivity index (χ0v) is 12.9. The summed E-state index contributed by atoms with van der Waals surface area (Å²) in [5.74, 6) is 0.441. The number of anilines is 1. The molecule has 1 atom stereocenters. The standard InChI is InChI=1S/C15H25N5O/c1-12-6-3-4-8-20(12)9-5-7-18-15(21)13-10-17-11-14(16-2)19-13/h10-12H,3-9H2,1-2H3,(H,16,19)(H,18,21). The monoisotopic (exact) mass is 291 g/mol. The van der Waals surface area contributed by atoms with Crippen LogP contribution in [0, 0.1) is 0 Å². The number of likely N-dealkylation sites (tertiary alicyclic amines) is 1. The second-order valence-corrected chi connectivity index (χ2v) is 5.53. The van der Waals surface area contributed by atoms with Crippen LogP contribution in [-0.4, -0.2) is 53.5 Å². The van der Waals surface area contributed by atoms with E-state index in [0.29, 0.717) is 24.1 Å². The van der Waals surface area contributed by atoms with E-state index in [4.69, 9.17) is 0 Å². The lowest BCUT2D eigenvalue weighted by Crippen LogP contribution is -2.39. The summed E-state index contributed by atoms with van der Waals surface area (Å²) in [6.45, 7) is 5.19. The zero-order chi connectivity index (χ0) is 15.1. The highest BCUT2D eigenvalue weighted by atomic mass is 16.1. The Kier molecular flexibility index (Phi) is 5.92. The molecule has 21 heavy (non-hydrogen) atoms. The maximum Gasteiger partial charge on any atom is 0.271 e. The summed E-state index contributed by atoms with van der Waals surface area (Å²) in [5.41, 5.74) is 0.355. The van der Waals surface area contributed by atoms with Crippen molar-refractivity contribution in [2.75, 3.05) is 32.0 Å². The molecule has 0 saturated carbocycles. The first-order chi connectivity index (χ1) is 10.2. The van der Waals surface area contributed by atoms with Gasteiger partial charge < -0.3 is 15.5 Å². The van der Waals surface area contributed by atoms with Crippen molar-refractivity contribution in [3.05, 3.63) is 18.1 Å². The summed E-state index contributed by atoms with van der Waals surface area (Å²) in [6.07, 6.45) is 7.98. The first-order valence-electron chi connectivity index (χ1n) is 7.72. The number of piperidine rings is 1. The molecule has 1 fully saturated rings. The number of nitrogens with zero attached hydrogens (tertiary/aromatic N) is 3. The van der Waals surface area contributed by atoms with Crippen LogP contribution in [0.25, 0.3) is 0 Å². The quantitative estimate of drug-likeness (QED) is 0.778. The molecule has 1 aliphatic heterocycles. The van der Waals surface area contributed by atoms with Crippen LogP contribution in [0.15, 0.2) is 12.4 Å². The number of carbonyl (C=O) groups is 1. The van der Waals surface area contributed by atoms with E-state index in [1.807, 2.05) is 0 Å². The number of rotatable bonds is 6. The second-order valence-electron chi connectivity index (χ2n) is 5.53. The minimum absolute atomic E-state index is 0.161. The van der Waals surface area contributed by atoms with E-state index in [9.17, 15) is 4.79 Å². The van der Waals surface area contributed by atoms with Gasteiger partial charge in [0.05, 0.1) is 12.4 Å². The van der Waals surface area contributed by atoms with E-state index >= 15 is 0 Å². The molecular formula is C15H25N5O. The fourth-order valence-electron chi connectivity index (χ4n) is 2.66. The summed E-state index contributed by atoms with van der Waals surface area (Å²) < 4.78 is 0. The third-order valence-electron chi connectivity index (χ3n) is 3.97. The van der Waals surface area contributed by atoms with Crippen molar-refractivity contribution in [2.24, 2.45) is 0 Å². The molecule has 1 aliphatic rings. The van der Waals surface area contributed by atoms with Gasteiger partial charge in [0.1, 0.15) is 11.5 Å². The van der Waals surface area contributed by atoms with Crippen LogP contribution in [0.2, 0.25) is 0 Å². The van der Waals surface area contributed by atoms with E-state index in [2.05, 4.69) is 32.4 Å². The smallest absolute Gasteiger partial charge is 0.271 e. The number of nitrogens with one attached hydrogen (secondary N) is 2. The van der Waals surface area contributed by atoms with E-state index < -0.39 is 0 Å². The Morgan fingerprint density at radius 3 is 3.05 bits per heavy atom. The number of carbonyl (C=O) groups excluding carboxylic acids is 1. The molecule has 1 amide bonds. The Labute approximate surface area is 126 Å². The molecule has 2 N–H and O–H groups in total.